The van der Waals surface area contributed by atoms with Gasteiger partial charge >= 0.3 is 31.3 Å². The van der Waals surface area contributed by atoms with Gasteiger partial charge in [0, 0.05) is 264 Å². The smallest absolute Gasteiger partial charge is 0.444 e. The number of fused-ring (bicyclic) bond motifs is 3. The molecule has 0 saturated carbocycles. The van der Waals surface area contributed by atoms with E-state index in [1.54, 1.807) is 69.3 Å². The number of alkyl halides is 9. The largest absolute Gasteiger partial charge is 0.573 e. The Labute approximate surface area is 828 Å². The summed E-state index contributed by atoms with van der Waals surface area (Å²) in [5.74, 6) is -0.792. The van der Waals surface area contributed by atoms with Crippen LogP contribution in [0.5, 0.6) is 17.2 Å². The van der Waals surface area contributed by atoms with Gasteiger partial charge in [-0.1, -0.05) is 136 Å². The lowest BCUT2D eigenvalue weighted by molar-refractivity contribution is -0.275. The molecule has 12 aromatic rings. The van der Waals surface area contributed by atoms with Gasteiger partial charge in [-0.3, -0.25) is 29.3 Å². The molecule has 3 aromatic heterocycles. The van der Waals surface area contributed by atoms with Gasteiger partial charge in [0.15, 0.2) is 0 Å². The molecule has 0 bridgehead atoms. The van der Waals surface area contributed by atoms with Crippen LogP contribution in [0.1, 0.15) is 118 Å². The average molecular weight is 2030 g/mol. The van der Waals surface area contributed by atoms with Crippen molar-refractivity contribution in [3.05, 3.63) is 264 Å². The van der Waals surface area contributed by atoms with Gasteiger partial charge in [0.25, 0.3) is 0 Å². The van der Waals surface area contributed by atoms with Crippen LogP contribution in [0.25, 0.3) is 66.1 Å². The van der Waals surface area contributed by atoms with Crippen molar-refractivity contribution >= 4 is 121 Å². The Morgan fingerprint density at radius 1 is 0.377 bits per heavy atom. The summed E-state index contributed by atoms with van der Waals surface area (Å²) in [4.78, 5) is 47.0. The van der Waals surface area contributed by atoms with Crippen LogP contribution >= 0.6 is 69.6 Å². The number of nitrogens with zero attached hydrogens (tertiary/aromatic N) is 8. The van der Waals surface area contributed by atoms with Gasteiger partial charge < -0.3 is 59.1 Å². The molecule has 3 aliphatic rings. The quantitative estimate of drug-likeness (QED) is 0.0182. The SMILES string of the molecule is CC(C)(C)OC(=O)NCCCCn1cc(-c2ccc(OC(F)(F)F)cc2)c2cc(C=O)ccc21.CC(C)(C)OC(=O)NCCCCn1cc(-c2ccc(OC(F)(F)F)cc2)c2cc(CN3CCN(Cc4c(Cl)cccc4Cl)CC3)ccc21.Clc1cccc(Cl)c1CN1CCNCC1.NCCCCn1cc(-c2ccc(OC(F)(F)F)cc2)c2cc(CN3CCN(Cc4c(Cl)cccc4Cl)CC3)ccc21. The molecule has 6 heterocycles. The minimum absolute atomic E-state index is 0.232. The highest BCUT2D eigenvalue weighted by atomic mass is 35.5. The zero-order chi connectivity index (χ0) is 99.1. The van der Waals surface area contributed by atoms with Crippen LogP contribution < -0.4 is 35.9 Å². The summed E-state index contributed by atoms with van der Waals surface area (Å²) in [6, 6.07) is 52.9. The number of benzene rings is 9. The van der Waals surface area contributed by atoms with E-state index in [2.05, 4.69) is 106 Å². The lowest BCUT2D eigenvalue weighted by Crippen LogP contribution is -2.45. The highest BCUT2D eigenvalue weighted by Crippen LogP contribution is 2.40. The Hall–Kier alpha value is -9.96. The Balaban J connectivity index is 0.000000174. The number of rotatable bonds is 31. The summed E-state index contributed by atoms with van der Waals surface area (Å²) in [5, 5.41) is 16.1. The summed E-state index contributed by atoms with van der Waals surface area (Å²) in [6.45, 7) is 30.0. The summed E-state index contributed by atoms with van der Waals surface area (Å²) >= 11 is 37.8. The molecule has 3 aliphatic heterocycles. The number of piperazine rings is 3. The van der Waals surface area contributed by atoms with E-state index in [4.69, 9.17) is 84.8 Å². The van der Waals surface area contributed by atoms with E-state index in [1.165, 1.54) is 42.0 Å². The summed E-state index contributed by atoms with van der Waals surface area (Å²) < 4.78 is 143. The van der Waals surface area contributed by atoms with E-state index in [1.807, 2.05) is 98.4 Å². The maximum atomic E-state index is 12.8. The van der Waals surface area contributed by atoms with E-state index in [-0.39, 0.29) is 17.2 Å². The molecule has 2 amide bonds. The number of aldehydes is 1. The molecule has 5 N–H and O–H groups in total. The van der Waals surface area contributed by atoms with E-state index in [0.29, 0.717) is 70.5 Å². The van der Waals surface area contributed by atoms with Crippen LogP contribution in [-0.2, 0) is 61.8 Å². The second-order valence-electron chi connectivity index (χ2n) is 36.0. The first kappa shape index (κ1) is 107. The molecule has 0 atom stereocenters. The Kier molecular flexibility index (Phi) is 38.3. The number of ether oxygens (including phenoxy) is 5. The van der Waals surface area contributed by atoms with Crippen LogP contribution in [-0.4, -0.2) is 185 Å². The number of unbranched alkanes of at least 4 members (excludes halogenated alkanes) is 3. The number of aromatic nitrogens is 3. The fourth-order valence-electron chi connectivity index (χ4n) is 16.6. The normalized spacial score (nSPS) is 14.5. The topological polar surface area (TPSA) is 190 Å². The third-order valence-corrected chi connectivity index (χ3v) is 25.4. The van der Waals surface area contributed by atoms with Gasteiger partial charge in [-0.2, -0.15) is 0 Å². The predicted octanol–water partition coefficient (Wildman–Crippen LogP) is 25.4. The lowest BCUT2D eigenvalue weighted by atomic mass is 10.0. The number of hydrogen-bond acceptors (Lipinski definition) is 15. The summed E-state index contributed by atoms with van der Waals surface area (Å²) in [6.07, 6.45) is -3.39. The molecule has 138 heavy (non-hydrogen) atoms. The fourth-order valence-corrected chi connectivity index (χ4v) is 18.1. The fraction of sp³-hybridized carbons (Fsp3) is 0.388. The molecular weight excluding hydrogens is 1920 g/mol. The number of nitrogens with one attached hydrogen (secondary N) is 3. The molecule has 0 aliphatic carbocycles. The molecule has 740 valence electrons. The minimum Gasteiger partial charge on any atom is -0.444 e. The monoisotopic (exact) mass is 2030 g/mol. The van der Waals surface area contributed by atoms with Crippen molar-refractivity contribution in [3.63, 3.8) is 0 Å². The third-order valence-electron chi connectivity index (χ3n) is 23.3. The molecule has 15 rings (SSSR count). The van der Waals surface area contributed by atoms with Crippen LogP contribution in [0.3, 0.4) is 0 Å². The van der Waals surface area contributed by atoms with Crippen molar-refractivity contribution in [2.75, 3.05) is 98.2 Å². The van der Waals surface area contributed by atoms with Gasteiger partial charge in [0.05, 0.1) is 0 Å². The highest BCUT2D eigenvalue weighted by molar-refractivity contribution is 6.37. The Morgan fingerprint density at radius 2 is 0.667 bits per heavy atom. The van der Waals surface area contributed by atoms with Crippen molar-refractivity contribution in [2.45, 2.75) is 163 Å². The molecule has 0 unspecified atom stereocenters. The first-order chi connectivity index (χ1) is 65.7. The van der Waals surface area contributed by atoms with Crippen molar-refractivity contribution in [1.82, 2.24) is 54.2 Å². The number of nitrogens with two attached hydrogens (primary N) is 1. The number of hydrogen-bond donors (Lipinski definition) is 4. The lowest BCUT2D eigenvalue weighted by Gasteiger charge is -2.35. The highest BCUT2D eigenvalue weighted by Gasteiger charge is 2.34. The number of halogens is 15. The molecule has 3 saturated heterocycles. The number of aryl methyl sites for hydroxylation is 3. The molecule has 9 aromatic carbocycles. The first-order valence-corrected chi connectivity index (χ1v) is 48.1. The van der Waals surface area contributed by atoms with E-state index in [9.17, 15) is 53.9 Å². The van der Waals surface area contributed by atoms with Gasteiger partial charge in [-0.15, -0.1) is 39.5 Å². The van der Waals surface area contributed by atoms with E-state index >= 15 is 0 Å². The van der Waals surface area contributed by atoms with Gasteiger partial charge in [-0.25, -0.2) is 9.59 Å². The average Bonchev–Trinajstić information content (AvgIpc) is 1.62. The van der Waals surface area contributed by atoms with E-state index in [0.717, 1.165) is 249 Å². The number of carbonyl (C=O) groups is 3. The van der Waals surface area contributed by atoms with Crippen molar-refractivity contribution in [3.8, 4) is 50.6 Å². The summed E-state index contributed by atoms with van der Waals surface area (Å²) in [5.41, 5.74) is 18.5. The van der Waals surface area contributed by atoms with Gasteiger partial charge in [0.1, 0.15) is 34.7 Å². The predicted molar refractivity (Wildman–Crippen MR) is 531 cm³/mol. The number of amides is 2. The second-order valence-corrected chi connectivity index (χ2v) is 38.5. The number of carbonyl (C=O) groups excluding carboxylic acids is 3. The molecule has 20 nitrogen and oxygen atoms in total. The minimum atomic E-state index is -4.76. The van der Waals surface area contributed by atoms with Crippen LogP contribution in [0, 0.1) is 0 Å². The second kappa shape index (κ2) is 49.4. The Morgan fingerprint density at radius 3 is 0.964 bits per heavy atom. The standard InChI is InChI=1S/C36H41Cl2F3N4O3.C31H33Cl2F3N4O.C25H27F3N2O4.C11H14Cl2N2/c1-35(2,3)48-34(46)42-15-4-5-16-45-24-29(26-10-12-27(13-11-26)47-36(39,40)41)28-21-25(9-14-33(28)45)22-43-17-19-44(20-18-43)23-30-31(37)7-6-8-32(30)38;32-28-4-3-5-29(33)27(28)20-39-16-14-38(15-17-39)19-22-6-11-30-25(18-22)26(21-40(30)13-2-1-12-37)23-7-9-24(10-8-23)41-31(34,35)36;1-24(2,3)34-23(32)29-12-4-5-13-30-15-21(20-14-17(16-31)6-11-22(20)30)18-7-9-19(10-8-18)33-25(26,27)28;12-10-2-1-3-11(13)9(10)8-15-6-4-14-5-7-15/h6-14,21,24H,4-5,15-20,22-23H2,1-3H3,(H,42,46);3-11,18,21H,1-2,12-17,19-20,37H2;6-11,14-16H,4-5,12-13H2,1-3H3,(H,29,32);1-3,14H,4-8H2. The van der Waals surface area contributed by atoms with Crippen molar-refractivity contribution < 1.29 is 77.6 Å². The van der Waals surface area contributed by atoms with E-state index < -0.39 is 42.5 Å². The summed E-state index contributed by atoms with van der Waals surface area (Å²) in [7, 11) is 0. The van der Waals surface area contributed by atoms with Crippen molar-refractivity contribution in [1.29, 1.82) is 0 Å². The van der Waals surface area contributed by atoms with Gasteiger partial charge in [0.2, 0.25) is 0 Å². The number of alkyl carbamates (subject to hydrolysis) is 2. The van der Waals surface area contributed by atoms with Crippen molar-refractivity contribution in [2.24, 2.45) is 5.73 Å². The van der Waals surface area contributed by atoms with Gasteiger partial charge in [-0.05, 0) is 230 Å². The van der Waals surface area contributed by atoms with Crippen LogP contribution in [0.2, 0.25) is 30.1 Å². The maximum absolute atomic E-state index is 12.8. The zero-order valence-corrected chi connectivity index (χ0v) is 82.3. The molecule has 0 radical (unpaired) electrons. The molecule has 35 heteroatoms. The Bertz CT molecular complexity index is 5950. The molecule has 0 spiro atoms. The molecule has 3 fully saturated rings. The molecular formula is C103H115Cl6F9N12O8. The van der Waals surface area contributed by atoms with Crippen LogP contribution in [0.15, 0.2) is 201 Å². The zero-order valence-electron chi connectivity index (χ0n) is 77.7. The first-order valence-electron chi connectivity index (χ1n) is 45.8. The maximum Gasteiger partial charge on any atom is 0.573 e. The third kappa shape index (κ3) is 32.8. The van der Waals surface area contributed by atoms with Crippen LogP contribution in [0.4, 0.5) is 49.1 Å².